The predicted molar refractivity (Wildman–Crippen MR) is 56.4 cm³/mol. The Morgan fingerprint density at radius 1 is 1.47 bits per heavy atom. The van der Waals surface area contributed by atoms with Gasteiger partial charge in [-0.15, -0.1) is 0 Å². The summed E-state index contributed by atoms with van der Waals surface area (Å²) in [5, 5.41) is 19.5. The fourth-order valence-corrected chi connectivity index (χ4v) is 1.88. The van der Waals surface area contributed by atoms with Gasteiger partial charge in [0.05, 0.1) is 18.4 Å². The van der Waals surface area contributed by atoms with Crippen molar-refractivity contribution in [3.63, 3.8) is 0 Å². The maximum absolute atomic E-state index is 10.1. The monoisotopic (exact) mass is 209 g/mol. The highest BCUT2D eigenvalue weighted by Gasteiger charge is 2.27. The topological polar surface area (TPSA) is 75.7 Å². The van der Waals surface area contributed by atoms with Gasteiger partial charge < -0.3 is 20.7 Å². The zero-order chi connectivity index (χ0) is 10.8. The zero-order valence-corrected chi connectivity index (χ0v) is 8.39. The lowest BCUT2D eigenvalue weighted by atomic mass is 9.94. The van der Waals surface area contributed by atoms with E-state index in [0.29, 0.717) is 18.8 Å². The van der Waals surface area contributed by atoms with Gasteiger partial charge in [0.25, 0.3) is 0 Å². The molecule has 15 heavy (non-hydrogen) atoms. The number of hydrogen-bond donors (Lipinski definition) is 3. The SMILES string of the molecule is Nc1c(O)cccc1C(O)C1CCOC1. The summed E-state index contributed by atoms with van der Waals surface area (Å²) >= 11 is 0. The second kappa shape index (κ2) is 4.08. The molecule has 1 aromatic rings. The molecule has 0 radical (unpaired) electrons. The van der Waals surface area contributed by atoms with Crippen LogP contribution in [0.25, 0.3) is 0 Å². The maximum atomic E-state index is 10.1. The molecule has 0 saturated carbocycles. The molecule has 2 unspecified atom stereocenters. The van der Waals surface area contributed by atoms with E-state index in [2.05, 4.69) is 0 Å². The van der Waals surface area contributed by atoms with Crippen LogP contribution in [0.15, 0.2) is 18.2 Å². The van der Waals surface area contributed by atoms with Crippen molar-refractivity contribution >= 4 is 5.69 Å². The highest BCUT2D eigenvalue weighted by atomic mass is 16.5. The Morgan fingerprint density at radius 2 is 2.27 bits per heavy atom. The number of hydrogen-bond acceptors (Lipinski definition) is 4. The maximum Gasteiger partial charge on any atom is 0.138 e. The predicted octanol–water partition coefficient (Wildman–Crippen LogP) is 1.04. The van der Waals surface area contributed by atoms with Crippen molar-refractivity contribution in [3.05, 3.63) is 23.8 Å². The van der Waals surface area contributed by atoms with Gasteiger partial charge in [0, 0.05) is 18.1 Å². The third kappa shape index (κ3) is 1.91. The van der Waals surface area contributed by atoms with Gasteiger partial charge in [-0.05, 0) is 12.5 Å². The lowest BCUT2D eigenvalue weighted by Gasteiger charge is -2.18. The Kier molecular flexibility index (Phi) is 2.79. The molecule has 2 rings (SSSR count). The third-order valence-corrected chi connectivity index (χ3v) is 2.85. The van der Waals surface area contributed by atoms with Crippen LogP contribution in [-0.2, 0) is 4.74 Å². The number of anilines is 1. The molecule has 1 heterocycles. The van der Waals surface area contributed by atoms with Gasteiger partial charge in [-0.3, -0.25) is 0 Å². The number of aliphatic hydroxyl groups excluding tert-OH is 1. The van der Waals surface area contributed by atoms with Crippen LogP contribution in [0.1, 0.15) is 18.1 Å². The summed E-state index contributed by atoms with van der Waals surface area (Å²) in [7, 11) is 0. The standard InChI is InChI=1S/C11H15NO3/c12-10-8(2-1-3-9(10)13)11(14)7-4-5-15-6-7/h1-3,7,11,13-14H,4-6,12H2. The molecule has 0 amide bonds. The number of phenols is 1. The van der Waals surface area contributed by atoms with Gasteiger partial charge >= 0.3 is 0 Å². The average Bonchev–Trinajstić information content (AvgIpc) is 2.74. The molecule has 1 saturated heterocycles. The fraction of sp³-hybridized carbons (Fsp3) is 0.455. The smallest absolute Gasteiger partial charge is 0.138 e. The summed E-state index contributed by atoms with van der Waals surface area (Å²) in [6.07, 6.45) is 0.176. The largest absolute Gasteiger partial charge is 0.506 e. The zero-order valence-electron chi connectivity index (χ0n) is 8.39. The van der Waals surface area contributed by atoms with Crippen LogP contribution in [0.4, 0.5) is 5.69 Å². The van der Waals surface area contributed by atoms with E-state index in [1.165, 1.54) is 6.07 Å². The average molecular weight is 209 g/mol. The molecule has 4 N–H and O–H groups in total. The van der Waals surface area contributed by atoms with Crippen LogP contribution in [0.5, 0.6) is 5.75 Å². The number of benzene rings is 1. The van der Waals surface area contributed by atoms with Crippen LogP contribution < -0.4 is 5.73 Å². The third-order valence-electron chi connectivity index (χ3n) is 2.85. The summed E-state index contributed by atoms with van der Waals surface area (Å²) in [6, 6.07) is 4.93. The van der Waals surface area contributed by atoms with E-state index in [0.717, 1.165) is 6.42 Å². The Labute approximate surface area is 88.3 Å². The molecule has 0 bridgehead atoms. The molecule has 0 aliphatic carbocycles. The summed E-state index contributed by atoms with van der Waals surface area (Å²) in [4.78, 5) is 0. The van der Waals surface area contributed by atoms with Crippen molar-refractivity contribution in [2.45, 2.75) is 12.5 Å². The number of nitrogen functional groups attached to an aromatic ring is 1. The second-order valence-electron chi connectivity index (χ2n) is 3.85. The van der Waals surface area contributed by atoms with Crippen LogP contribution in [0.2, 0.25) is 0 Å². The van der Waals surface area contributed by atoms with Gasteiger partial charge in [0.1, 0.15) is 5.75 Å². The van der Waals surface area contributed by atoms with Crippen LogP contribution in [-0.4, -0.2) is 23.4 Å². The van der Waals surface area contributed by atoms with E-state index in [-0.39, 0.29) is 17.4 Å². The number of para-hydroxylation sites is 1. The molecule has 2 atom stereocenters. The van der Waals surface area contributed by atoms with Crippen LogP contribution >= 0.6 is 0 Å². The highest BCUT2D eigenvalue weighted by Crippen LogP contribution is 2.35. The van der Waals surface area contributed by atoms with Crippen molar-refractivity contribution in [1.82, 2.24) is 0 Å². The molecule has 1 aliphatic heterocycles. The van der Waals surface area contributed by atoms with Gasteiger partial charge in [0.2, 0.25) is 0 Å². The molecule has 1 aliphatic rings. The van der Waals surface area contributed by atoms with Crippen molar-refractivity contribution in [2.75, 3.05) is 18.9 Å². The molecule has 4 nitrogen and oxygen atoms in total. The Bertz CT molecular complexity index is 348. The summed E-state index contributed by atoms with van der Waals surface area (Å²) < 4.78 is 5.21. The minimum absolute atomic E-state index is 0.0189. The minimum Gasteiger partial charge on any atom is -0.506 e. The van der Waals surface area contributed by atoms with E-state index in [1.54, 1.807) is 12.1 Å². The number of aliphatic hydroxyl groups is 1. The molecule has 82 valence electrons. The molecule has 0 aromatic heterocycles. The first-order valence-electron chi connectivity index (χ1n) is 5.03. The first kappa shape index (κ1) is 10.3. The normalized spacial score (nSPS) is 22.9. The first-order chi connectivity index (χ1) is 7.20. The van der Waals surface area contributed by atoms with Crippen molar-refractivity contribution in [1.29, 1.82) is 0 Å². The molecule has 1 fully saturated rings. The lowest BCUT2D eigenvalue weighted by Crippen LogP contribution is -2.14. The Morgan fingerprint density at radius 3 is 2.93 bits per heavy atom. The molecule has 1 aromatic carbocycles. The van der Waals surface area contributed by atoms with Crippen molar-refractivity contribution in [3.8, 4) is 5.75 Å². The Balaban J connectivity index is 2.24. The quantitative estimate of drug-likeness (QED) is 0.502. The molecular weight excluding hydrogens is 194 g/mol. The van der Waals surface area contributed by atoms with Crippen LogP contribution in [0.3, 0.4) is 0 Å². The number of rotatable bonds is 2. The van der Waals surface area contributed by atoms with E-state index >= 15 is 0 Å². The van der Waals surface area contributed by atoms with E-state index in [9.17, 15) is 10.2 Å². The van der Waals surface area contributed by atoms with E-state index in [4.69, 9.17) is 10.5 Å². The van der Waals surface area contributed by atoms with Crippen LogP contribution in [0, 0.1) is 5.92 Å². The van der Waals surface area contributed by atoms with E-state index < -0.39 is 6.10 Å². The highest BCUT2D eigenvalue weighted by molar-refractivity contribution is 5.58. The lowest BCUT2D eigenvalue weighted by molar-refractivity contribution is 0.0922. The summed E-state index contributed by atoms with van der Waals surface area (Å²) in [5.74, 6) is 0.0968. The van der Waals surface area contributed by atoms with Gasteiger partial charge in [-0.1, -0.05) is 12.1 Å². The summed E-state index contributed by atoms with van der Waals surface area (Å²) in [6.45, 7) is 1.23. The fourth-order valence-electron chi connectivity index (χ4n) is 1.88. The second-order valence-corrected chi connectivity index (χ2v) is 3.85. The Hall–Kier alpha value is -1.26. The number of aromatic hydroxyl groups is 1. The minimum atomic E-state index is -0.653. The first-order valence-corrected chi connectivity index (χ1v) is 5.03. The molecular formula is C11H15NO3. The molecule has 0 spiro atoms. The number of nitrogens with two attached hydrogens (primary N) is 1. The van der Waals surface area contributed by atoms with Gasteiger partial charge in [0.15, 0.2) is 0 Å². The molecule has 4 heteroatoms. The number of ether oxygens (including phenoxy) is 1. The summed E-state index contributed by atoms with van der Waals surface area (Å²) in [5.41, 5.74) is 6.55. The number of phenolic OH excluding ortho intramolecular Hbond substituents is 1. The van der Waals surface area contributed by atoms with E-state index in [1.807, 2.05) is 0 Å². The van der Waals surface area contributed by atoms with Crippen molar-refractivity contribution in [2.24, 2.45) is 5.92 Å². The van der Waals surface area contributed by atoms with Gasteiger partial charge in [-0.25, -0.2) is 0 Å². The van der Waals surface area contributed by atoms with Gasteiger partial charge in [-0.2, -0.15) is 0 Å². The van der Waals surface area contributed by atoms with Crippen molar-refractivity contribution < 1.29 is 14.9 Å².